The van der Waals surface area contributed by atoms with Crippen LogP contribution in [0, 0.1) is 5.82 Å². The minimum atomic E-state index is -0.366. The normalized spacial score (nSPS) is 19.7. The van der Waals surface area contributed by atoms with Gasteiger partial charge < -0.3 is 9.64 Å². The first kappa shape index (κ1) is 19.7. The van der Waals surface area contributed by atoms with Crippen LogP contribution in [0.25, 0.3) is 0 Å². The van der Waals surface area contributed by atoms with Gasteiger partial charge in [-0.2, -0.15) is 0 Å². The molecule has 2 aromatic rings. The van der Waals surface area contributed by atoms with E-state index in [2.05, 4.69) is 0 Å². The van der Waals surface area contributed by atoms with E-state index in [0.29, 0.717) is 18.8 Å². The molecule has 1 saturated heterocycles. The molecule has 0 aliphatic carbocycles. The molecule has 1 unspecified atom stereocenters. The molecule has 2 atom stereocenters. The van der Waals surface area contributed by atoms with Gasteiger partial charge in [0, 0.05) is 19.6 Å². The standard InChI is InChI=1S/C23H25FN2O3/c1-15(21(27)14-16-6-8-17(24)9-7-16)18-10-11-20-19(25-18)4-2-12-26(20)23(28)22-5-3-13-29-22/h6-11,15,22H,2-5,12-14H2,1H3/t15?,22-/m1/s1. The molecular weight excluding hydrogens is 371 g/mol. The predicted octanol–water partition coefficient (Wildman–Crippen LogP) is 3.59. The van der Waals surface area contributed by atoms with E-state index in [4.69, 9.17) is 9.72 Å². The summed E-state index contributed by atoms with van der Waals surface area (Å²) in [4.78, 5) is 32.0. The third-order valence-corrected chi connectivity index (χ3v) is 5.75. The maximum Gasteiger partial charge on any atom is 0.256 e. The Bertz CT molecular complexity index is 907. The smallest absolute Gasteiger partial charge is 0.256 e. The lowest BCUT2D eigenvalue weighted by atomic mass is 9.95. The molecule has 1 aromatic heterocycles. The number of hydrogen-bond acceptors (Lipinski definition) is 4. The van der Waals surface area contributed by atoms with Crippen LogP contribution in [0.15, 0.2) is 36.4 Å². The van der Waals surface area contributed by atoms with Crippen molar-refractivity contribution in [1.82, 2.24) is 4.98 Å². The van der Waals surface area contributed by atoms with Gasteiger partial charge in [0.25, 0.3) is 5.91 Å². The molecule has 152 valence electrons. The first-order valence-corrected chi connectivity index (χ1v) is 10.2. The van der Waals surface area contributed by atoms with Gasteiger partial charge in [-0.05, 0) is 62.4 Å². The molecule has 5 nitrogen and oxygen atoms in total. The van der Waals surface area contributed by atoms with Crippen LogP contribution in [0.1, 0.15) is 49.1 Å². The van der Waals surface area contributed by atoms with Crippen molar-refractivity contribution in [3.05, 3.63) is 59.2 Å². The minimum Gasteiger partial charge on any atom is -0.368 e. The highest BCUT2D eigenvalue weighted by atomic mass is 19.1. The number of amides is 1. The Morgan fingerprint density at radius 2 is 2.00 bits per heavy atom. The van der Waals surface area contributed by atoms with E-state index in [-0.39, 0.29) is 36.0 Å². The second-order valence-electron chi connectivity index (χ2n) is 7.79. The SMILES string of the molecule is CC(C(=O)Cc1ccc(F)cc1)c1ccc2c(n1)CCCN2C(=O)[C@H]1CCCO1. The van der Waals surface area contributed by atoms with Gasteiger partial charge in [-0.1, -0.05) is 12.1 Å². The number of Topliss-reactive ketones (excluding diaryl/α,β-unsaturated/α-hetero) is 1. The monoisotopic (exact) mass is 396 g/mol. The molecule has 2 aliphatic heterocycles. The van der Waals surface area contributed by atoms with Crippen LogP contribution < -0.4 is 4.90 Å². The fourth-order valence-corrected chi connectivity index (χ4v) is 4.00. The lowest BCUT2D eigenvalue weighted by molar-refractivity contribution is -0.127. The highest BCUT2D eigenvalue weighted by Crippen LogP contribution is 2.30. The van der Waals surface area contributed by atoms with Crippen LogP contribution in [0.3, 0.4) is 0 Å². The van der Waals surface area contributed by atoms with Crippen LogP contribution in [0.5, 0.6) is 0 Å². The molecule has 2 aliphatic rings. The van der Waals surface area contributed by atoms with E-state index < -0.39 is 0 Å². The largest absolute Gasteiger partial charge is 0.368 e. The fourth-order valence-electron chi connectivity index (χ4n) is 4.00. The number of carbonyl (C=O) groups excluding carboxylic acids is 2. The van der Waals surface area contributed by atoms with Crippen molar-refractivity contribution >= 4 is 17.4 Å². The first-order valence-electron chi connectivity index (χ1n) is 10.2. The van der Waals surface area contributed by atoms with Crippen molar-refractivity contribution in [2.45, 2.75) is 51.0 Å². The van der Waals surface area contributed by atoms with E-state index in [1.165, 1.54) is 12.1 Å². The Labute approximate surface area is 169 Å². The van der Waals surface area contributed by atoms with Crippen LogP contribution >= 0.6 is 0 Å². The quantitative estimate of drug-likeness (QED) is 0.775. The number of pyridine rings is 1. The molecule has 4 rings (SSSR count). The molecule has 29 heavy (non-hydrogen) atoms. The molecule has 0 saturated carbocycles. The molecular formula is C23H25FN2O3. The number of nitrogens with zero attached hydrogens (tertiary/aromatic N) is 2. The van der Waals surface area contributed by atoms with Crippen molar-refractivity contribution in [1.29, 1.82) is 0 Å². The highest BCUT2D eigenvalue weighted by Gasteiger charge is 2.32. The van der Waals surface area contributed by atoms with Crippen LogP contribution in [-0.4, -0.2) is 35.9 Å². The second-order valence-corrected chi connectivity index (χ2v) is 7.79. The zero-order valence-electron chi connectivity index (χ0n) is 16.6. The molecule has 1 aromatic carbocycles. The van der Waals surface area contributed by atoms with Gasteiger partial charge in [0.15, 0.2) is 0 Å². The number of aromatic nitrogens is 1. The lowest BCUT2D eigenvalue weighted by Gasteiger charge is -2.31. The summed E-state index contributed by atoms with van der Waals surface area (Å²) >= 11 is 0. The summed E-state index contributed by atoms with van der Waals surface area (Å²) in [6, 6.07) is 9.75. The van der Waals surface area contributed by atoms with E-state index in [0.717, 1.165) is 42.6 Å². The number of hydrogen-bond donors (Lipinski definition) is 0. The van der Waals surface area contributed by atoms with Crippen molar-refractivity contribution in [3.63, 3.8) is 0 Å². The molecule has 0 radical (unpaired) electrons. The van der Waals surface area contributed by atoms with Crippen LogP contribution in [0.4, 0.5) is 10.1 Å². The molecule has 1 fully saturated rings. The zero-order valence-corrected chi connectivity index (χ0v) is 16.6. The maximum absolute atomic E-state index is 13.1. The number of aryl methyl sites for hydroxylation is 1. The summed E-state index contributed by atoms with van der Waals surface area (Å²) in [5.41, 5.74) is 3.19. The topological polar surface area (TPSA) is 59.5 Å². The molecule has 0 spiro atoms. The Morgan fingerprint density at radius 3 is 2.72 bits per heavy atom. The zero-order chi connectivity index (χ0) is 20.4. The summed E-state index contributed by atoms with van der Waals surface area (Å²) < 4.78 is 18.6. The Hall–Kier alpha value is -2.60. The molecule has 6 heteroatoms. The Morgan fingerprint density at radius 1 is 1.21 bits per heavy atom. The van der Waals surface area contributed by atoms with E-state index in [9.17, 15) is 14.0 Å². The number of fused-ring (bicyclic) bond motifs is 1. The molecule has 1 amide bonds. The van der Waals surface area contributed by atoms with Gasteiger partial charge in [0.2, 0.25) is 0 Å². The number of benzene rings is 1. The number of rotatable bonds is 5. The van der Waals surface area contributed by atoms with Crippen molar-refractivity contribution in [2.24, 2.45) is 0 Å². The van der Waals surface area contributed by atoms with Crippen molar-refractivity contribution < 1.29 is 18.7 Å². The summed E-state index contributed by atoms with van der Waals surface area (Å²) in [7, 11) is 0. The van der Waals surface area contributed by atoms with Gasteiger partial charge in [-0.25, -0.2) is 4.39 Å². The number of carbonyl (C=O) groups is 2. The summed E-state index contributed by atoms with van der Waals surface area (Å²) in [5, 5.41) is 0. The van der Waals surface area contributed by atoms with Gasteiger partial charge in [-0.3, -0.25) is 14.6 Å². The van der Waals surface area contributed by atoms with Gasteiger partial charge in [-0.15, -0.1) is 0 Å². The summed E-state index contributed by atoms with van der Waals surface area (Å²) in [6.07, 6.45) is 3.21. The Balaban J connectivity index is 1.50. The number of ether oxygens (including phenoxy) is 1. The molecule has 0 bridgehead atoms. The van der Waals surface area contributed by atoms with Gasteiger partial charge >= 0.3 is 0 Å². The maximum atomic E-state index is 13.1. The van der Waals surface area contributed by atoms with Gasteiger partial charge in [0.05, 0.1) is 23.0 Å². The van der Waals surface area contributed by atoms with Crippen LogP contribution in [0.2, 0.25) is 0 Å². The summed E-state index contributed by atoms with van der Waals surface area (Å²) in [6.45, 7) is 3.16. The minimum absolute atomic E-state index is 0.0124. The van der Waals surface area contributed by atoms with E-state index in [1.807, 2.05) is 19.1 Å². The van der Waals surface area contributed by atoms with Crippen molar-refractivity contribution in [3.8, 4) is 0 Å². The fraction of sp³-hybridized carbons (Fsp3) is 0.435. The number of anilines is 1. The van der Waals surface area contributed by atoms with Gasteiger partial charge in [0.1, 0.15) is 17.7 Å². The van der Waals surface area contributed by atoms with Crippen molar-refractivity contribution in [2.75, 3.05) is 18.1 Å². The molecule has 3 heterocycles. The van der Waals surface area contributed by atoms with E-state index >= 15 is 0 Å². The Kier molecular flexibility index (Phi) is 5.72. The van der Waals surface area contributed by atoms with E-state index in [1.54, 1.807) is 17.0 Å². The number of halogens is 1. The first-order chi connectivity index (χ1) is 14.0. The lowest BCUT2D eigenvalue weighted by Crippen LogP contribution is -2.42. The number of ketones is 1. The highest BCUT2D eigenvalue weighted by molar-refractivity contribution is 5.97. The summed E-state index contributed by atoms with van der Waals surface area (Å²) in [5.74, 6) is -0.632. The van der Waals surface area contributed by atoms with Crippen LogP contribution in [-0.2, 0) is 27.2 Å². The average Bonchev–Trinajstić information content (AvgIpc) is 3.28. The third-order valence-electron chi connectivity index (χ3n) is 5.75. The third kappa shape index (κ3) is 4.22. The second kappa shape index (κ2) is 8.41. The predicted molar refractivity (Wildman–Crippen MR) is 107 cm³/mol. The molecule has 0 N–H and O–H groups in total. The average molecular weight is 396 g/mol.